The number of nitrogens with one attached hydrogen (secondary N) is 3. The zero-order valence-electron chi connectivity index (χ0n) is 16.4. The van der Waals surface area contributed by atoms with Gasteiger partial charge in [-0.05, 0) is 50.6 Å². The second-order valence-corrected chi connectivity index (χ2v) is 7.39. The highest BCUT2D eigenvalue weighted by Crippen LogP contribution is 2.34. The molecule has 5 rings (SSSR count). The third-order valence-electron chi connectivity index (χ3n) is 5.45. The number of H-pyrrole nitrogens is 3. The van der Waals surface area contributed by atoms with Gasteiger partial charge in [-0.25, -0.2) is 18.9 Å². The smallest absolute Gasteiger partial charge is 0.348 e. The van der Waals surface area contributed by atoms with Gasteiger partial charge < -0.3 is 15.7 Å². The van der Waals surface area contributed by atoms with Crippen LogP contribution in [0.15, 0.2) is 47.3 Å². The van der Waals surface area contributed by atoms with Crippen LogP contribution in [0.1, 0.15) is 17.8 Å². The molecule has 2 aromatic carbocycles. The molecule has 3 heterocycles. The van der Waals surface area contributed by atoms with E-state index in [9.17, 15) is 9.18 Å². The summed E-state index contributed by atoms with van der Waals surface area (Å²) in [5.74, 6) is 0.114. The van der Waals surface area contributed by atoms with Crippen LogP contribution in [0.2, 0.25) is 0 Å². The SMILES string of the molecule is Cc1[nH]c2ccccc2c1-c1n[nH]c(=O)n1-c1c(CCCN)[nH]c2ccc(F)cc12. The Bertz CT molecular complexity index is 1440. The van der Waals surface area contributed by atoms with Crippen molar-refractivity contribution in [3.05, 3.63) is 70.2 Å². The first-order valence-corrected chi connectivity index (χ1v) is 9.84. The van der Waals surface area contributed by atoms with Crippen molar-refractivity contribution in [1.29, 1.82) is 0 Å². The molecule has 0 fully saturated rings. The summed E-state index contributed by atoms with van der Waals surface area (Å²) in [5, 5.41) is 8.52. The third-order valence-corrected chi connectivity index (χ3v) is 5.45. The van der Waals surface area contributed by atoms with Gasteiger partial charge >= 0.3 is 5.69 Å². The van der Waals surface area contributed by atoms with Gasteiger partial charge in [-0.1, -0.05) is 18.2 Å². The van der Waals surface area contributed by atoms with Crippen molar-refractivity contribution in [2.24, 2.45) is 5.73 Å². The van der Waals surface area contributed by atoms with E-state index < -0.39 is 0 Å². The predicted octanol–water partition coefficient (Wildman–Crippen LogP) is 3.53. The Labute approximate surface area is 170 Å². The highest BCUT2D eigenvalue weighted by atomic mass is 19.1. The van der Waals surface area contributed by atoms with E-state index in [0.29, 0.717) is 29.9 Å². The van der Waals surface area contributed by atoms with Gasteiger partial charge in [0.05, 0.1) is 5.69 Å². The van der Waals surface area contributed by atoms with Crippen molar-refractivity contribution >= 4 is 21.8 Å². The van der Waals surface area contributed by atoms with Gasteiger partial charge in [0.15, 0.2) is 5.82 Å². The molecule has 0 spiro atoms. The Morgan fingerprint density at radius 1 is 1.10 bits per heavy atom. The van der Waals surface area contributed by atoms with E-state index >= 15 is 0 Å². The number of nitrogens with two attached hydrogens (primary N) is 1. The molecule has 0 aliphatic rings. The van der Waals surface area contributed by atoms with Gasteiger partial charge in [0.25, 0.3) is 0 Å². The molecular weight excluding hydrogens is 383 g/mol. The molecule has 30 heavy (non-hydrogen) atoms. The third kappa shape index (κ3) is 2.76. The van der Waals surface area contributed by atoms with E-state index in [4.69, 9.17) is 5.73 Å². The molecule has 0 saturated heterocycles. The first kappa shape index (κ1) is 18.4. The van der Waals surface area contributed by atoms with E-state index in [1.54, 1.807) is 6.07 Å². The number of aromatic nitrogens is 5. The van der Waals surface area contributed by atoms with E-state index in [-0.39, 0.29) is 11.5 Å². The molecule has 7 nitrogen and oxygen atoms in total. The van der Waals surface area contributed by atoms with E-state index in [2.05, 4.69) is 20.2 Å². The minimum atomic E-state index is -0.381. The molecule has 0 bridgehead atoms. The molecule has 0 radical (unpaired) electrons. The molecule has 152 valence electrons. The van der Waals surface area contributed by atoms with Crippen LogP contribution in [0.4, 0.5) is 4.39 Å². The minimum absolute atomic E-state index is 0.366. The fourth-order valence-corrected chi connectivity index (χ4v) is 4.16. The fraction of sp³-hybridized carbons (Fsp3) is 0.182. The lowest BCUT2D eigenvalue weighted by atomic mass is 10.1. The summed E-state index contributed by atoms with van der Waals surface area (Å²) in [6.45, 7) is 2.46. The van der Waals surface area contributed by atoms with Gasteiger partial charge in [-0.15, -0.1) is 0 Å². The van der Waals surface area contributed by atoms with Crippen molar-refractivity contribution in [1.82, 2.24) is 24.7 Å². The first-order valence-electron chi connectivity index (χ1n) is 9.84. The molecule has 0 saturated carbocycles. The standard InChI is InChI=1S/C22H21FN6O/c1-12-19(14-5-2-3-6-16(14)25-12)21-27-28-22(30)29(21)20-15-11-13(23)8-9-17(15)26-18(20)7-4-10-24/h2-3,5-6,8-9,11,25-26H,4,7,10,24H2,1H3,(H,28,30). The van der Waals surface area contributed by atoms with Crippen LogP contribution in [0, 0.1) is 12.7 Å². The van der Waals surface area contributed by atoms with Gasteiger partial charge in [-0.3, -0.25) is 0 Å². The first-order chi connectivity index (χ1) is 14.6. The summed E-state index contributed by atoms with van der Waals surface area (Å²) in [6, 6.07) is 12.4. The zero-order chi connectivity index (χ0) is 20.8. The Hall–Kier alpha value is -3.65. The van der Waals surface area contributed by atoms with E-state index in [1.807, 2.05) is 31.2 Å². The number of halogens is 1. The van der Waals surface area contributed by atoms with Gasteiger partial charge in [-0.2, -0.15) is 5.10 Å². The molecule has 5 N–H and O–H groups in total. The second kappa shape index (κ2) is 7.00. The van der Waals surface area contributed by atoms with Crippen molar-refractivity contribution < 1.29 is 4.39 Å². The van der Waals surface area contributed by atoms with Crippen LogP contribution in [-0.2, 0) is 6.42 Å². The van der Waals surface area contributed by atoms with Crippen LogP contribution in [0.5, 0.6) is 0 Å². The summed E-state index contributed by atoms with van der Waals surface area (Å²) in [4.78, 5) is 19.6. The lowest BCUT2D eigenvalue weighted by Gasteiger charge is -2.09. The molecule has 5 aromatic rings. The van der Waals surface area contributed by atoms with Crippen LogP contribution in [0.3, 0.4) is 0 Å². The summed E-state index contributed by atoms with van der Waals surface area (Å²) in [5.41, 5.74) is 10.2. The fourth-order valence-electron chi connectivity index (χ4n) is 4.16. The maximum Gasteiger partial charge on any atom is 0.348 e. The summed E-state index contributed by atoms with van der Waals surface area (Å²) in [6.07, 6.45) is 1.36. The number of aryl methyl sites for hydroxylation is 2. The number of fused-ring (bicyclic) bond motifs is 2. The molecule has 0 aliphatic carbocycles. The topological polar surface area (TPSA) is 108 Å². The lowest BCUT2D eigenvalue weighted by molar-refractivity contribution is 0.629. The van der Waals surface area contributed by atoms with E-state index in [0.717, 1.165) is 39.8 Å². The Balaban J connectivity index is 1.84. The number of hydrogen-bond donors (Lipinski definition) is 4. The quantitative estimate of drug-likeness (QED) is 0.360. The predicted molar refractivity (Wildman–Crippen MR) is 115 cm³/mol. The highest BCUT2D eigenvalue weighted by Gasteiger charge is 2.23. The van der Waals surface area contributed by atoms with Crippen molar-refractivity contribution in [3.8, 4) is 17.1 Å². The molecule has 0 aliphatic heterocycles. The Morgan fingerprint density at radius 2 is 1.90 bits per heavy atom. The van der Waals surface area contributed by atoms with Crippen LogP contribution in [0.25, 0.3) is 38.9 Å². The maximum atomic E-state index is 14.1. The van der Waals surface area contributed by atoms with Gasteiger partial charge in [0.1, 0.15) is 5.82 Å². The highest BCUT2D eigenvalue weighted by molar-refractivity contribution is 5.97. The number of para-hydroxylation sites is 1. The Morgan fingerprint density at radius 3 is 2.73 bits per heavy atom. The zero-order valence-corrected chi connectivity index (χ0v) is 16.4. The molecule has 8 heteroatoms. The van der Waals surface area contributed by atoms with Crippen LogP contribution >= 0.6 is 0 Å². The van der Waals surface area contributed by atoms with Gasteiger partial charge in [0, 0.05) is 38.8 Å². The average Bonchev–Trinajstić information content (AvgIpc) is 3.37. The van der Waals surface area contributed by atoms with E-state index in [1.165, 1.54) is 16.7 Å². The maximum absolute atomic E-state index is 14.1. The van der Waals surface area contributed by atoms with Crippen molar-refractivity contribution in [2.45, 2.75) is 19.8 Å². The largest absolute Gasteiger partial charge is 0.358 e. The summed E-state index contributed by atoms with van der Waals surface area (Å²) in [7, 11) is 0. The number of hydrogen-bond acceptors (Lipinski definition) is 3. The van der Waals surface area contributed by atoms with Gasteiger partial charge in [0.2, 0.25) is 0 Å². The lowest BCUT2D eigenvalue weighted by Crippen LogP contribution is -2.17. The average molecular weight is 404 g/mol. The normalized spacial score (nSPS) is 11.7. The molecule has 0 unspecified atom stereocenters. The molecule has 0 atom stereocenters. The molecule has 3 aromatic heterocycles. The minimum Gasteiger partial charge on any atom is -0.358 e. The monoisotopic (exact) mass is 404 g/mol. The van der Waals surface area contributed by atoms with Crippen molar-refractivity contribution in [2.75, 3.05) is 6.54 Å². The number of rotatable bonds is 5. The second-order valence-electron chi connectivity index (χ2n) is 7.39. The summed E-state index contributed by atoms with van der Waals surface area (Å²) >= 11 is 0. The Kier molecular flexibility index (Phi) is 4.29. The number of aromatic amines is 3. The van der Waals surface area contributed by atoms with Crippen LogP contribution < -0.4 is 11.4 Å². The van der Waals surface area contributed by atoms with Crippen molar-refractivity contribution in [3.63, 3.8) is 0 Å². The number of benzene rings is 2. The van der Waals surface area contributed by atoms with Crippen LogP contribution in [-0.4, -0.2) is 31.3 Å². The molecular formula is C22H21FN6O. The number of nitrogens with zero attached hydrogens (tertiary/aromatic N) is 2. The summed E-state index contributed by atoms with van der Waals surface area (Å²) < 4.78 is 15.7. The molecule has 0 amide bonds.